The van der Waals surface area contributed by atoms with Crippen LogP contribution in [-0.2, 0) is 12.7 Å². The number of hydrogen-bond donors (Lipinski definition) is 1. The molecular formula is C19H14BrF3N6O. The number of alkyl halides is 3. The van der Waals surface area contributed by atoms with Gasteiger partial charge in [-0.25, -0.2) is 9.50 Å². The molecule has 4 aromatic rings. The summed E-state index contributed by atoms with van der Waals surface area (Å²) in [5, 5.41) is 10.7. The Morgan fingerprint density at radius 1 is 1.23 bits per heavy atom. The number of benzene rings is 1. The fourth-order valence-corrected chi connectivity index (χ4v) is 3.49. The van der Waals surface area contributed by atoms with Crippen molar-refractivity contribution in [2.75, 3.05) is 5.32 Å². The van der Waals surface area contributed by atoms with E-state index < -0.39 is 17.8 Å². The maximum atomic E-state index is 13.4. The predicted octanol–water partition coefficient (Wildman–Crippen LogP) is 4.32. The molecule has 0 aliphatic carbocycles. The number of carbonyl (C=O) groups excluding carboxylic acids is 1. The van der Waals surface area contributed by atoms with Crippen LogP contribution in [0.3, 0.4) is 0 Å². The summed E-state index contributed by atoms with van der Waals surface area (Å²) < 4.78 is 42.6. The van der Waals surface area contributed by atoms with Crippen LogP contribution in [0.25, 0.3) is 5.65 Å². The van der Waals surface area contributed by atoms with E-state index in [0.717, 1.165) is 11.6 Å². The van der Waals surface area contributed by atoms with Gasteiger partial charge in [-0.05, 0) is 52.7 Å². The lowest BCUT2D eigenvalue weighted by Gasteiger charge is -2.09. The first-order chi connectivity index (χ1) is 14.2. The molecule has 0 radical (unpaired) electrons. The van der Waals surface area contributed by atoms with Gasteiger partial charge >= 0.3 is 6.18 Å². The Balaban J connectivity index is 1.65. The molecule has 154 valence electrons. The average molecular weight is 479 g/mol. The molecular weight excluding hydrogens is 465 g/mol. The van der Waals surface area contributed by atoms with Crippen molar-refractivity contribution in [3.63, 3.8) is 0 Å². The van der Waals surface area contributed by atoms with Crippen molar-refractivity contribution in [1.82, 2.24) is 24.4 Å². The summed E-state index contributed by atoms with van der Waals surface area (Å²) in [4.78, 5) is 16.8. The predicted molar refractivity (Wildman–Crippen MR) is 106 cm³/mol. The van der Waals surface area contributed by atoms with Crippen LogP contribution >= 0.6 is 15.9 Å². The van der Waals surface area contributed by atoms with Crippen molar-refractivity contribution in [3.8, 4) is 0 Å². The molecule has 0 atom stereocenters. The van der Waals surface area contributed by atoms with Crippen molar-refractivity contribution >= 4 is 33.2 Å². The molecule has 3 heterocycles. The van der Waals surface area contributed by atoms with Gasteiger partial charge in [0.25, 0.3) is 5.91 Å². The number of halogens is 4. The fourth-order valence-electron chi connectivity index (χ4n) is 2.98. The minimum Gasteiger partial charge on any atom is -0.321 e. The Morgan fingerprint density at radius 2 is 2.03 bits per heavy atom. The summed E-state index contributed by atoms with van der Waals surface area (Å²) in [6.07, 6.45) is -1.17. The van der Waals surface area contributed by atoms with Crippen molar-refractivity contribution in [3.05, 3.63) is 75.9 Å². The molecule has 1 amide bonds. The van der Waals surface area contributed by atoms with Crippen LogP contribution in [0.1, 0.15) is 27.4 Å². The molecule has 0 saturated carbocycles. The minimum atomic E-state index is -4.65. The van der Waals surface area contributed by atoms with Gasteiger partial charge in [0, 0.05) is 23.8 Å². The zero-order valence-corrected chi connectivity index (χ0v) is 17.1. The highest BCUT2D eigenvalue weighted by Crippen LogP contribution is 2.32. The van der Waals surface area contributed by atoms with Crippen LogP contribution in [-0.4, -0.2) is 30.3 Å². The number of amides is 1. The molecule has 1 aromatic carbocycles. The molecule has 11 heteroatoms. The maximum absolute atomic E-state index is 13.4. The second-order valence-corrected chi connectivity index (χ2v) is 7.33. The van der Waals surface area contributed by atoms with Crippen LogP contribution in [0.5, 0.6) is 0 Å². The standard InChI is InChI=1S/C19H14BrF3N6O/c1-11-8-14(19(21,22)23)29-17(25-11)15(20)16(27-29)18(30)26-13-5-2-4-12(9-13)10-28-7-3-6-24-28/h2-9H,10H2,1H3,(H,26,30). The van der Waals surface area contributed by atoms with Crippen LogP contribution in [0, 0.1) is 6.92 Å². The number of hydrogen-bond acceptors (Lipinski definition) is 4. The Morgan fingerprint density at radius 3 is 2.73 bits per heavy atom. The zero-order valence-electron chi connectivity index (χ0n) is 15.5. The first-order valence-electron chi connectivity index (χ1n) is 8.73. The molecule has 3 aromatic heterocycles. The van der Waals surface area contributed by atoms with Gasteiger partial charge in [-0.1, -0.05) is 12.1 Å². The highest BCUT2D eigenvalue weighted by atomic mass is 79.9. The van der Waals surface area contributed by atoms with E-state index >= 15 is 0 Å². The number of anilines is 1. The third-order valence-electron chi connectivity index (χ3n) is 4.26. The molecule has 0 unspecified atom stereocenters. The van der Waals surface area contributed by atoms with Crippen LogP contribution in [0.2, 0.25) is 0 Å². The number of nitrogens with zero attached hydrogens (tertiary/aromatic N) is 5. The largest absolute Gasteiger partial charge is 0.433 e. The van der Waals surface area contributed by atoms with E-state index in [2.05, 4.69) is 36.4 Å². The molecule has 1 N–H and O–H groups in total. The Labute approximate surface area is 176 Å². The average Bonchev–Trinajstić information content (AvgIpc) is 3.29. The number of fused-ring (bicyclic) bond motifs is 1. The van der Waals surface area contributed by atoms with Gasteiger partial charge in [0.05, 0.1) is 11.0 Å². The lowest BCUT2D eigenvalue weighted by molar-refractivity contribution is -0.142. The molecule has 0 saturated heterocycles. The number of aromatic nitrogens is 5. The first kappa shape index (κ1) is 20.1. The molecule has 0 bridgehead atoms. The number of aryl methyl sites for hydroxylation is 1. The van der Waals surface area contributed by atoms with Gasteiger partial charge in [0.1, 0.15) is 5.69 Å². The molecule has 0 fully saturated rings. The highest BCUT2D eigenvalue weighted by Gasteiger charge is 2.36. The third-order valence-corrected chi connectivity index (χ3v) is 4.99. The van der Waals surface area contributed by atoms with Gasteiger partial charge < -0.3 is 5.32 Å². The van der Waals surface area contributed by atoms with E-state index in [9.17, 15) is 18.0 Å². The summed E-state index contributed by atoms with van der Waals surface area (Å²) in [6.45, 7) is 1.95. The smallest absolute Gasteiger partial charge is 0.321 e. The monoisotopic (exact) mass is 478 g/mol. The van der Waals surface area contributed by atoms with Gasteiger partial charge in [0.15, 0.2) is 11.3 Å². The molecule has 0 aliphatic rings. The molecule has 4 rings (SSSR count). The van der Waals surface area contributed by atoms with E-state index in [-0.39, 0.29) is 21.5 Å². The quantitative estimate of drug-likeness (QED) is 0.473. The number of nitrogens with one attached hydrogen (secondary N) is 1. The second-order valence-electron chi connectivity index (χ2n) is 6.54. The third kappa shape index (κ3) is 3.92. The Kier molecular flexibility index (Phi) is 5.06. The van der Waals surface area contributed by atoms with E-state index in [0.29, 0.717) is 16.7 Å². The SMILES string of the molecule is Cc1cc(C(F)(F)F)n2nc(C(=O)Nc3cccc(Cn4cccn4)c3)c(Br)c2n1. The van der Waals surface area contributed by atoms with Gasteiger partial charge in [0.2, 0.25) is 0 Å². The summed E-state index contributed by atoms with van der Waals surface area (Å²) in [7, 11) is 0. The summed E-state index contributed by atoms with van der Waals surface area (Å²) in [5.74, 6) is -0.658. The zero-order chi connectivity index (χ0) is 21.5. The van der Waals surface area contributed by atoms with Gasteiger partial charge in [-0.2, -0.15) is 23.4 Å². The minimum absolute atomic E-state index is 0.0834. The Hall–Kier alpha value is -3.21. The molecule has 0 spiro atoms. The maximum Gasteiger partial charge on any atom is 0.433 e. The fraction of sp³-hybridized carbons (Fsp3) is 0.158. The number of carbonyl (C=O) groups is 1. The lowest BCUT2D eigenvalue weighted by Crippen LogP contribution is -2.16. The van der Waals surface area contributed by atoms with Crippen molar-refractivity contribution in [2.45, 2.75) is 19.6 Å². The van der Waals surface area contributed by atoms with Crippen molar-refractivity contribution in [2.24, 2.45) is 0 Å². The van der Waals surface area contributed by atoms with E-state index in [1.165, 1.54) is 6.92 Å². The van der Waals surface area contributed by atoms with E-state index in [4.69, 9.17) is 0 Å². The molecule has 7 nitrogen and oxygen atoms in total. The molecule has 0 aliphatic heterocycles. The lowest BCUT2D eigenvalue weighted by atomic mass is 10.2. The van der Waals surface area contributed by atoms with Crippen molar-refractivity contribution < 1.29 is 18.0 Å². The second kappa shape index (κ2) is 7.56. The van der Waals surface area contributed by atoms with E-state index in [1.807, 2.05) is 12.3 Å². The normalized spacial score (nSPS) is 11.8. The summed E-state index contributed by atoms with van der Waals surface area (Å²) in [5.41, 5.74) is 0.242. The van der Waals surface area contributed by atoms with Crippen LogP contribution in [0.15, 0.2) is 53.3 Å². The van der Waals surface area contributed by atoms with Crippen LogP contribution < -0.4 is 5.32 Å². The highest BCUT2D eigenvalue weighted by molar-refractivity contribution is 9.10. The van der Waals surface area contributed by atoms with Crippen molar-refractivity contribution in [1.29, 1.82) is 0 Å². The summed E-state index contributed by atoms with van der Waals surface area (Å²) in [6, 6.07) is 9.76. The first-order valence-corrected chi connectivity index (χ1v) is 9.52. The summed E-state index contributed by atoms with van der Waals surface area (Å²) >= 11 is 3.17. The topological polar surface area (TPSA) is 77.1 Å². The van der Waals surface area contributed by atoms with Gasteiger partial charge in [-0.15, -0.1) is 0 Å². The van der Waals surface area contributed by atoms with E-state index in [1.54, 1.807) is 35.1 Å². The molecule has 30 heavy (non-hydrogen) atoms. The van der Waals surface area contributed by atoms with Crippen LogP contribution in [0.4, 0.5) is 18.9 Å². The Bertz CT molecular complexity index is 1230. The van der Waals surface area contributed by atoms with Gasteiger partial charge in [-0.3, -0.25) is 9.48 Å². The number of rotatable bonds is 4.